The molecule has 0 aromatic rings. The van der Waals surface area contributed by atoms with Crippen molar-refractivity contribution in [1.82, 2.24) is 5.23 Å². The molecule has 0 atom stereocenters. The van der Waals surface area contributed by atoms with E-state index in [1.807, 2.05) is 10.6 Å². The van der Waals surface area contributed by atoms with Crippen molar-refractivity contribution in [3.8, 4) is 0 Å². The maximum absolute atomic E-state index is 10.5. The van der Waals surface area contributed by atoms with E-state index in [2.05, 4.69) is 0 Å². The molecule has 0 aliphatic carbocycles. The van der Waals surface area contributed by atoms with Crippen molar-refractivity contribution in [2.75, 3.05) is 0 Å². The second-order valence-corrected chi connectivity index (χ2v) is 1.65. The first-order valence-corrected chi connectivity index (χ1v) is 2.37. The van der Waals surface area contributed by atoms with E-state index in [-0.39, 0.29) is 15.8 Å². The van der Waals surface area contributed by atoms with Gasteiger partial charge in [0.15, 0.2) is 5.23 Å². The molecule has 10 heavy (non-hydrogen) atoms. The maximum Gasteiger partial charge on any atom is 0.270 e. The Bertz CT molecular complexity index is 165. The average Bonchev–Trinajstić information content (AvgIpc) is 1.90. The van der Waals surface area contributed by atoms with Crippen molar-refractivity contribution in [2.24, 2.45) is 10.6 Å². The zero-order valence-electron chi connectivity index (χ0n) is 5.51. The van der Waals surface area contributed by atoms with Crippen LogP contribution in [0.4, 0.5) is 0 Å². The molecule has 7 nitrogen and oxygen atoms in total. The molecule has 0 aromatic heterocycles. The molecule has 0 aliphatic rings. The molecular weight excluding hydrogens is 140 g/mol. The van der Waals surface area contributed by atoms with Crippen LogP contribution >= 0.6 is 0 Å². The number of hydrazone groups is 1. The fourth-order valence-corrected chi connectivity index (χ4v) is 0.260. The Balaban J connectivity index is 4.44. The van der Waals surface area contributed by atoms with Crippen LogP contribution in [0.25, 0.3) is 0 Å². The van der Waals surface area contributed by atoms with Gasteiger partial charge in [-0.2, -0.15) is 4.85 Å². The Labute approximate surface area is 56.4 Å². The topological polar surface area (TPSA) is 88.2 Å². The van der Waals surface area contributed by atoms with Crippen LogP contribution in [0.2, 0.25) is 0 Å². The predicted octanol–water partition coefficient (Wildman–Crippen LogP) is 0.557. The highest BCUT2D eigenvalue weighted by Gasteiger charge is 2.11. The summed E-state index contributed by atoms with van der Waals surface area (Å²) in [6, 6.07) is 0. The van der Waals surface area contributed by atoms with E-state index >= 15 is 0 Å². The number of hydrogen-bond acceptors (Lipinski definition) is 5. The lowest BCUT2D eigenvalue weighted by Gasteiger charge is -2.08. The third kappa shape index (κ3) is 1.77. The molecule has 0 fully saturated rings. The van der Waals surface area contributed by atoms with Gasteiger partial charge in [0, 0.05) is 0 Å². The minimum atomic E-state index is -0.130. The van der Waals surface area contributed by atoms with Crippen LogP contribution < -0.4 is 0 Å². The summed E-state index contributed by atoms with van der Waals surface area (Å²) >= 11 is 0. The van der Waals surface area contributed by atoms with Crippen LogP contribution in [0.1, 0.15) is 13.8 Å². The molecule has 0 radical (unpaired) electrons. The van der Waals surface area contributed by atoms with Crippen LogP contribution in [-0.4, -0.2) is 15.8 Å². The SMILES string of the molecule is CC(C)=[N+]([O-])N(N=O)N=O. The van der Waals surface area contributed by atoms with Crippen LogP contribution in [0.15, 0.2) is 10.6 Å². The molecule has 0 saturated heterocycles. The van der Waals surface area contributed by atoms with Gasteiger partial charge >= 0.3 is 0 Å². The molecular formula is C3H6N4O3. The first kappa shape index (κ1) is 8.47. The summed E-state index contributed by atoms with van der Waals surface area (Å²) < 4.78 is 0. The van der Waals surface area contributed by atoms with Gasteiger partial charge in [0.05, 0.1) is 5.71 Å². The molecule has 7 heteroatoms. The molecule has 0 bridgehead atoms. The minimum Gasteiger partial charge on any atom is -0.723 e. The lowest BCUT2D eigenvalue weighted by atomic mass is 10.5. The van der Waals surface area contributed by atoms with E-state index in [9.17, 15) is 15.0 Å². The number of hydrogen-bond donors (Lipinski definition) is 0. The lowest BCUT2D eigenvalue weighted by Crippen LogP contribution is -2.23. The third-order valence-corrected chi connectivity index (χ3v) is 0.691. The van der Waals surface area contributed by atoms with Crippen LogP contribution in [-0.2, 0) is 0 Å². The Morgan fingerprint density at radius 3 is 1.90 bits per heavy atom. The summed E-state index contributed by atoms with van der Waals surface area (Å²) in [7, 11) is 0. The van der Waals surface area contributed by atoms with E-state index in [0.29, 0.717) is 0 Å². The molecule has 0 saturated carbocycles. The summed E-state index contributed by atoms with van der Waals surface area (Å²) in [5.41, 5.74) is 0.194. The Morgan fingerprint density at radius 2 is 1.80 bits per heavy atom. The van der Waals surface area contributed by atoms with Crippen LogP contribution in [0.5, 0.6) is 0 Å². The molecule has 0 rings (SSSR count). The van der Waals surface area contributed by atoms with Gasteiger partial charge in [-0.25, -0.2) is 0 Å². The van der Waals surface area contributed by atoms with E-state index < -0.39 is 0 Å². The molecule has 0 unspecified atom stereocenters. The lowest BCUT2D eigenvalue weighted by molar-refractivity contribution is -0.642. The summed E-state index contributed by atoms with van der Waals surface area (Å²) in [4.78, 5) is 19.2. The highest BCUT2D eigenvalue weighted by Crippen LogP contribution is 1.90. The van der Waals surface area contributed by atoms with Gasteiger partial charge in [0.1, 0.15) is 0 Å². The van der Waals surface area contributed by atoms with Gasteiger partial charge < -0.3 is 5.21 Å². The monoisotopic (exact) mass is 146 g/mol. The van der Waals surface area contributed by atoms with Crippen molar-refractivity contribution in [2.45, 2.75) is 13.8 Å². The van der Waals surface area contributed by atoms with Gasteiger partial charge in [0.2, 0.25) is 0 Å². The number of rotatable bonds is 3. The zero-order valence-corrected chi connectivity index (χ0v) is 5.51. The number of nitrogens with zero attached hydrogens (tertiary/aromatic N) is 4. The van der Waals surface area contributed by atoms with Crippen molar-refractivity contribution in [1.29, 1.82) is 0 Å². The second kappa shape index (κ2) is 3.49. The van der Waals surface area contributed by atoms with Gasteiger partial charge in [0.25, 0.3) is 10.6 Å². The van der Waals surface area contributed by atoms with Crippen molar-refractivity contribution in [3.63, 3.8) is 0 Å². The Kier molecular flexibility index (Phi) is 2.95. The molecule has 0 N–H and O–H groups in total. The van der Waals surface area contributed by atoms with Crippen molar-refractivity contribution < 1.29 is 4.85 Å². The van der Waals surface area contributed by atoms with Gasteiger partial charge in [-0.3, -0.25) is 0 Å². The molecule has 56 valence electrons. The van der Waals surface area contributed by atoms with Gasteiger partial charge in [-0.05, 0) is 23.7 Å². The minimum absolute atomic E-state index is 0.0139. The smallest absolute Gasteiger partial charge is 0.270 e. The number of nitroso groups, excluding NO2 is 2. The van der Waals surface area contributed by atoms with Crippen molar-refractivity contribution in [3.05, 3.63) is 15.0 Å². The Morgan fingerprint density at radius 1 is 1.40 bits per heavy atom. The molecule has 0 amide bonds. The largest absolute Gasteiger partial charge is 0.723 e. The summed E-state index contributed by atoms with van der Waals surface area (Å²) in [6.45, 7) is 2.83. The third-order valence-electron chi connectivity index (χ3n) is 0.691. The summed E-state index contributed by atoms with van der Waals surface area (Å²) in [5, 5.41) is 14.4. The highest BCUT2D eigenvalue weighted by atomic mass is 16.6. The first-order chi connectivity index (χ1) is 4.63. The summed E-state index contributed by atoms with van der Waals surface area (Å²) in [6.07, 6.45) is 0. The molecule has 0 heterocycles. The van der Waals surface area contributed by atoms with Gasteiger partial charge in [-0.1, -0.05) is 0 Å². The molecule has 0 aromatic carbocycles. The van der Waals surface area contributed by atoms with Crippen LogP contribution in [0, 0.1) is 15.0 Å². The fraction of sp³-hybridized carbons (Fsp3) is 0.667. The van der Waals surface area contributed by atoms with Crippen LogP contribution in [0.3, 0.4) is 0 Å². The standard InChI is InChI=1S/C3H6N4O3/c1-3(2)6(10)7(4-8)5-9/h1-2H3. The van der Waals surface area contributed by atoms with Gasteiger partial charge in [-0.15, -0.1) is 0 Å². The predicted molar refractivity (Wildman–Crippen MR) is 33.4 cm³/mol. The van der Waals surface area contributed by atoms with E-state index in [4.69, 9.17) is 0 Å². The fourth-order valence-electron chi connectivity index (χ4n) is 0.260. The molecule has 0 spiro atoms. The second-order valence-electron chi connectivity index (χ2n) is 1.65. The maximum atomic E-state index is 10.5. The average molecular weight is 146 g/mol. The zero-order chi connectivity index (χ0) is 8.15. The normalized spacial score (nSPS) is 8.20. The highest BCUT2D eigenvalue weighted by molar-refractivity contribution is 5.73. The number of hydrazine groups is 1. The first-order valence-electron chi connectivity index (χ1n) is 2.37. The van der Waals surface area contributed by atoms with E-state index in [1.54, 1.807) is 0 Å². The van der Waals surface area contributed by atoms with E-state index in [1.165, 1.54) is 13.8 Å². The Hall–Kier alpha value is -1.53. The summed E-state index contributed by atoms with van der Waals surface area (Å²) in [5.74, 6) is 0. The quantitative estimate of drug-likeness (QED) is 0.191. The molecule has 0 aliphatic heterocycles. The van der Waals surface area contributed by atoms with E-state index in [0.717, 1.165) is 0 Å². The van der Waals surface area contributed by atoms with Crippen molar-refractivity contribution >= 4 is 5.71 Å².